The molecule has 0 aliphatic rings. The SMILES string of the molecule is C=Cn1cc(CN(C)C(C)c2ccco2)c(C)n1. The van der Waals surface area contributed by atoms with Gasteiger partial charge in [-0.15, -0.1) is 0 Å². The first-order chi connectivity index (χ1) is 8.61. The average Bonchev–Trinajstić information content (AvgIpc) is 2.98. The molecule has 0 spiro atoms. The van der Waals surface area contributed by atoms with Crippen LogP contribution in [0.1, 0.15) is 30.0 Å². The predicted molar refractivity (Wildman–Crippen MR) is 71.9 cm³/mol. The van der Waals surface area contributed by atoms with Gasteiger partial charge in [0, 0.05) is 24.5 Å². The predicted octanol–water partition coefficient (Wildman–Crippen LogP) is 3.08. The summed E-state index contributed by atoms with van der Waals surface area (Å²) in [7, 11) is 2.08. The van der Waals surface area contributed by atoms with Crippen molar-refractivity contribution in [1.82, 2.24) is 14.7 Å². The Morgan fingerprint density at radius 3 is 2.94 bits per heavy atom. The Kier molecular flexibility index (Phi) is 3.67. The monoisotopic (exact) mass is 245 g/mol. The molecule has 4 heteroatoms. The Morgan fingerprint density at radius 2 is 2.39 bits per heavy atom. The van der Waals surface area contributed by atoms with E-state index in [2.05, 4.69) is 30.5 Å². The molecule has 0 aromatic carbocycles. The van der Waals surface area contributed by atoms with Crippen LogP contribution in [0.3, 0.4) is 0 Å². The van der Waals surface area contributed by atoms with E-state index >= 15 is 0 Å². The topological polar surface area (TPSA) is 34.2 Å². The van der Waals surface area contributed by atoms with Crippen LogP contribution in [0.25, 0.3) is 6.20 Å². The van der Waals surface area contributed by atoms with Crippen molar-refractivity contribution < 1.29 is 4.42 Å². The second-order valence-electron chi connectivity index (χ2n) is 4.51. The molecule has 2 heterocycles. The number of hydrogen-bond acceptors (Lipinski definition) is 3. The minimum absolute atomic E-state index is 0.242. The number of rotatable bonds is 5. The molecule has 0 N–H and O–H groups in total. The molecule has 2 rings (SSSR count). The standard InChI is InChI=1S/C14H19N3O/c1-5-17-10-13(11(2)15-17)9-16(4)12(3)14-7-6-8-18-14/h5-8,10,12H,1,9H2,2-4H3. The zero-order valence-corrected chi connectivity index (χ0v) is 11.1. The molecule has 18 heavy (non-hydrogen) atoms. The normalized spacial score (nSPS) is 12.9. The van der Waals surface area contributed by atoms with Gasteiger partial charge in [-0.1, -0.05) is 6.58 Å². The van der Waals surface area contributed by atoms with E-state index in [-0.39, 0.29) is 6.04 Å². The van der Waals surface area contributed by atoms with E-state index in [9.17, 15) is 0 Å². The van der Waals surface area contributed by atoms with Crippen molar-refractivity contribution in [3.63, 3.8) is 0 Å². The highest BCUT2D eigenvalue weighted by Crippen LogP contribution is 2.21. The van der Waals surface area contributed by atoms with E-state index in [1.165, 1.54) is 5.56 Å². The molecule has 0 radical (unpaired) electrons. The molecule has 0 amide bonds. The highest BCUT2D eigenvalue weighted by molar-refractivity contribution is 5.23. The van der Waals surface area contributed by atoms with Gasteiger partial charge in [-0.05, 0) is 33.0 Å². The number of nitrogens with zero attached hydrogens (tertiary/aromatic N) is 3. The molecule has 0 aliphatic heterocycles. The maximum atomic E-state index is 5.43. The third-order valence-corrected chi connectivity index (χ3v) is 3.24. The first-order valence-electron chi connectivity index (χ1n) is 6.02. The first-order valence-corrected chi connectivity index (χ1v) is 6.02. The molecule has 0 aliphatic carbocycles. The van der Waals surface area contributed by atoms with Gasteiger partial charge in [0.05, 0.1) is 18.0 Å². The molecule has 2 aromatic rings. The smallest absolute Gasteiger partial charge is 0.120 e. The van der Waals surface area contributed by atoms with Gasteiger partial charge in [0.25, 0.3) is 0 Å². The molecule has 1 unspecified atom stereocenters. The Bertz CT molecular complexity index is 513. The molecule has 96 valence electrons. The van der Waals surface area contributed by atoms with Crippen LogP contribution < -0.4 is 0 Å². The maximum absolute atomic E-state index is 5.43. The van der Waals surface area contributed by atoms with Gasteiger partial charge in [-0.3, -0.25) is 4.90 Å². The molecule has 0 bridgehead atoms. The summed E-state index contributed by atoms with van der Waals surface area (Å²) in [6.45, 7) is 8.69. The van der Waals surface area contributed by atoms with E-state index in [4.69, 9.17) is 4.42 Å². The van der Waals surface area contributed by atoms with Crippen molar-refractivity contribution in [1.29, 1.82) is 0 Å². The quantitative estimate of drug-likeness (QED) is 0.811. The Hall–Kier alpha value is -1.81. The van der Waals surface area contributed by atoms with E-state index in [0.717, 1.165) is 18.0 Å². The largest absolute Gasteiger partial charge is 0.468 e. The number of aryl methyl sites for hydroxylation is 1. The highest BCUT2D eigenvalue weighted by Gasteiger charge is 2.16. The van der Waals surface area contributed by atoms with Crippen LogP contribution in [-0.2, 0) is 6.54 Å². The highest BCUT2D eigenvalue weighted by atomic mass is 16.3. The molecule has 0 fully saturated rings. The number of aromatic nitrogens is 2. The van der Waals surface area contributed by atoms with Gasteiger partial charge >= 0.3 is 0 Å². The fraction of sp³-hybridized carbons (Fsp3) is 0.357. The Balaban J connectivity index is 2.08. The summed E-state index contributed by atoms with van der Waals surface area (Å²) >= 11 is 0. The lowest BCUT2D eigenvalue weighted by atomic mass is 10.2. The third kappa shape index (κ3) is 2.54. The zero-order chi connectivity index (χ0) is 13.1. The van der Waals surface area contributed by atoms with Crippen molar-refractivity contribution in [2.45, 2.75) is 26.4 Å². The van der Waals surface area contributed by atoms with Crippen LogP contribution in [0.2, 0.25) is 0 Å². The van der Waals surface area contributed by atoms with E-state index in [1.807, 2.05) is 25.3 Å². The Labute approximate surface area is 108 Å². The second kappa shape index (κ2) is 5.23. The van der Waals surface area contributed by atoms with Gasteiger partial charge < -0.3 is 4.42 Å². The minimum atomic E-state index is 0.242. The summed E-state index contributed by atoms with van der Waals surface area (Å²) in [4.78, 5) is 2.23. The lowest BCUT2D eigenvalue weighted by molar-refractivity contribution is 0.223. The van der Waals surface area contributed by atoms with Crippen LogP contribution in [0, 0.1) is 6.92 Å². The molecule has 4 nitrogen and oxygen atoms in total. The van der Waals surface area contributed by atoms with Crippen LogP contribution in [0.4, 0.5) is 0 Å². The van der Waals surface area contributed by atoms with Crippen molar-refractivity contribution in [3.8, 4) is 0 Å². The van der Waals surface area contributed by atoms with Gasteiger partial charge in [-0.2, -0.15) is 5.10 Å². The number of hydrogen-bond donors (Lipinski definition) is 0. The minimum Gasteiger partial charge on any atom is -0.468 e. The van der Waals surface area contributed by atoms with Crippen LogP contribution in [0.5, 0.6) is 0 Å². The summed E-state index contributed by atoms with van der Waals surface area (Å²) in [5.41, 5.74) is 2.24. The van der Waals surface area contributed by atoms with Crippen molar-refractivity contribution in [2.75, 3.05) is 7.05 Å². The van der Waals surface area contributed by atoms with Crippen LogP contribution in [-0.4, -0.2) is 21.7 Å². The fourth-order valence-corrected chi connectivity index (χ4v) is 1.92. The lowest BCUT2D eigenvalue weighted by Gasteiger charge is -2.22. The van der Waals surface area contributed by atoms with E-state index < -0.39 is 0 Å². The lowest BCUT2D eigenvalue weighted by Crippen LogP contribution is -2.21. The molecular weight excluding hydrogens is 226 g/mol. The van der Waals surface area contributed by atoms with Crippen LogP contribution >= 0.6 is 0 Å². The summed E-state index contributed by atoms with van der Waals surface area (Å²) in [5, 5.41) is 4.35. The van der Waals surface area contributed by atoms with Crippen LogP contribution in [0.15, 0.2) is 35.6 Å². The fourth-order valence-electron chi connectivity index (χ4n) is 1.92. The summed E-state index contributed by atoms with van der Waals surface area (Å²) in [6, 6.07) is 4.16. The van der Waals surface area contributed by atoms with Crippen molar-refractivity contribution >= 4 is 6.20 Å². The van der Waals surface area contributed by atoms with E-state index in [1.54, 1.807) is 17.1 Å². The average molecular weight is 245 g/mol. The molecule has 0 saturated heterocycles. The molecular formula is C14H19N3O. The maximum Gasteiger partial charge on any atom is 0.120 e. The third-order valence-electron chi connectivity index (χ3n) is 3.24. The van der Waals surface area contributed by atoms with Gasteiger partial charge in [-0.25, -0.2) is 4.68 Å². The first kappa shape index (κ1) is 12.6. The summed E-state index contributed by atoms with van der Waals surface area (Å²) < 4.78 is 7.18. The second-order valence-corrected chi connectivity index (χ2v) is 4.51. The summed E-state index contributed by atoms with van der Waals surface area (Å²) in [6.07, 6.45) is 5.42. The van der Waals surface area contributed by atoms with E-state index in [0.29, 0.717) is 0 Å². The molecule has 0 saturated carbocycles. The Morgan fingerprint density at radius 1 is 1.61 bits per heavy atom. The zero-order valence-electron chi connectivity index (χ0n) is 11.1. The summed E-state index contributed by atoms with van der Waals surface area (Å²) in [5.74, 6) is 0.978. The van der Waals surface area contributed by atoms with Crippen molar-refractivity contribution in [2.24, 2.45) is 0 Å². The van der Waals surface area contributed by atoms with Gasteiger partial charge in [0.1, 0.15) is 5.76 Å². The van der Waals surface area contributed by atoms with Gasteiger partial charge in [0.15, 0.2) is 0 Å². The van der Waals surface area contributed by atoms with Crippen molar-refractivity contribution in [3.05, 3.63) is 48.2 Å². The molecule has 2 aromatic heterocycles. The van der Waals surface area contributed by atoms with Gasteiger partial charge in [0.2, 0.25) is 0 Å². The molecule has 1 atom stereocenters. The number of furan rings is 1.